The van der Waals surface area contributed by atoms with Crippen LogP contribution in [0.15, 0.2) is 0 Å². The maximum atomic E-state index is 12.6. The molecule has 11 heteroatoms. The summed E-state index contributed by atoms with van der Waals surface area (Å²) >= 11 is 0. The Morgan fingerprint density at radius 1 is 0.781 bits per heavy atom. The topological polar surface area (TPSA) is 184 Å². The van der Waals surface area contributed by atoms with Gasteiger partial charge in [0.1, 0.15) is 0 Å². The Kier molecular flexibility index (Phi) is 14.6. The number of nitrogens with one attached hydrogen (secondary N) is 6. The van der Waals surface area contributed by atoms with Gasteiger partial charge in [-0.25, -0.2) is 0 Å². The molecule has 0 saturated carbocycles. The Labute approximate surface area is 193 Å². The largest absolute Gasteiger partial charge is 0.356 e. The standard InChI is InChI=1S/C21H47N9O2/c1-20(12-23)14-25-8-10-27-16-21(13-24,17-28-11-9-26-15-20)30-19(32)5-2-4-18(31)29-7-3-6-22/h25-28H,2-17,22-24H2,1H3,(H,29,31)(H,30,32)/t20-,21-. The maximum Gasteiger partial charge on any atom is 0.220 e. The van der Waals surface area contributed by atoms with Gasteiger partial charge in [0.15, 0.2) is 0 Å². The molecule has 0 aromatic carbocycles. The van der Waals surface area contributed by atoms with Crippen LogP contribution in [-0.2, 0) is 9.59 Å². The molecule has 1 heterocycles. The van der Waals surface area contributed by atoms with Crippen molar-refractivity contribution in [3.05, 3.63) is 0 Å². The van der Waals surface area contributed by atoms with Crippen molar-refractivity contribution in [3.8, 4) is 0 Å². The number of carbonyl (C=O) groups excluding carboxylic acids is 2. The summed E-state index contributed by atoms with van der Waals surface area (Å²) in [5, 5.41) is 19.7. The Morgan fingerprint density at radius 3 is 1.81 bits per heavy atom. The minimum Gasteiger partial charge on any atom is -0.356 e. The third kappa shape index (κ3) is 12.0. The van der Waals surface area contributed by atoms with E-state index in [9.17, 15) is 9.59 Å². The van der Waals surface area contributed by atoms with Crippen LogP contribution in [0.5, 0.6) is 0 Å². The fourth-order valence-electron chi connectivity index (χ4n) is 3.53. The number of nitrogens with two attached hydrogens (primary N) is 3. The summed E-state index contributed by atoms with van der Waals surface area (Å²) < 4.78 is 0. The molecular weight excluding hydrogens is 410 g/mol. The van der Waals surface area contributed by atoms with Crippen LogP contribution in [0.25, 0.3) is 0 Å². The summed E-state index contributed by atoms with van der Waals surface area (Å²) in [5.41, 5.74) is 16.9. The van der Waals surface area contributed by atoms with E-state index in [1.807, 2.05) is 0 Å². The van der Waals surface area contributed by atoms with Crippen LogP contribution in [0.4, 0.5) is 0 Å². The van der Waals surface area contributed by atoms with Gasteiger partial charge in [0.05, 0.1) is 5.54 Å². The predicted molar refractivity (Wildman–Crippen MR) is 129 cm³/mol. The molecule has 1 aliphatic rings. The molecule has 1 aliphatic heterocycles. The molecule has 0 atom stereocenters. The van der Waals surface area contributed by atoms with Crippen LogP contribution in [0.3, 0.4) is 0 Å². The lowest BCUT2D eigenvalue weighted by Gasteiger charge is -2.35. The normalized spacial score (nSPS) is 26.1. The highest BCUT2D eigenvalue weighted by Crippen LogP contribution is 2.11. The molecule has 0 aliphatic carbocycles. The first-order valence-electron chi connectivity index (χ1n) is 11.9. The fraction of sp³-hybridized carbons (Fsp3) is 0.905. The molecule has 11 nitrogen and oxygen atoms in total. The Balaban J connectivity index is 2.52. The van der Waals surface area contributed by atoms with Gasteiger partial charge in [0.2, 0.25) is 11.8 Å². The average Bonchev–Trinajstić information content (AvgIpc) is 2.78. The minimum absolute atomic E-state index is 0.0143. The maximum absolute atomic E-state index is 12.6. The first-order chi connectivity index (χ1) is 15.4. The monoisotopic (exact) mass is 457 g/mol. The molecule has 1 fully saturated rings. The van der Waals surface area contributed by atoms with E-state index in [0.29, 0.717) is 52.1 Å². The van der Waals surface area contributed by atoms with Crippen LogP contribution in [-0.4, -0.2) is 95.9 Å². The van der Waals surface area contributed by atoms with Crippen molar-refractivity contribution in [1.82, 2.24) is 31.9 Å². The third-order valence-corrected chi connectivity index (χ3v) is 5.79. The second-order valence-corrected chi connectivity index (χ2v) is 9.10. The van der Waals surface area contributed by atoms with Gasteiger partial charge < -0.3 is 49.1 Å². The second-order valence-electron chi connectivity index (χ2n) is 9.10. The highest BCUT2D eigenvalue weighted by molar-refractivity contribution is 5.79. The summed E-state index contributed by atoms with van der Waals surface area (Å²) in [7, 11) is 0. The molecule has 0 aromatic heterocycles. The molecule has 0 spiro atoms. The molecule has 0 radical (unpaired) electrons. The number of amides is 2. The van der Waals surface area contributed by atoms with Gasteiger partial charge in [-0.05, 0) is 19.4 Å². The molecule has 32 heavy (non-hydrogen) atoms. The second kappa shape index (κ2) is 16.3. The Morgan fingerprint density at radius 2 is 1.31 bits per heavy atom. The van der Waals surface area contributed by atoms with E-state index in [1.165, 1.54) is 0 Å². The van der Waals surface area contributed by atoms with Crippen molar-refractivity contribution in [3.63, 3.8) is 0 Å². The average molecular weight is 458 g/mol. The molecule has 0 bridgehead atoms. The van der Waals surface area contributed by atoms with Gasteiger partial charge in [-0.1, -0.05) is 6.92 Å². The molecule has 0 unspecified atom stereocenters. The van der Waals surface area contributed by atoms with Gasteiger partial charge in [0, 0.05) is 90.2 Å². The smallest absolute Gasteiger partial charge is 0.220 e. The van der Waals surface area contributed by atoms with Crippen LogP contribution in [0.1, 0.15) is 32.6 Å². The fourth-order valence-corrected chi connectivity index (χ4v) is 3.53. The molecule has 0 aromatic rings. The van der Waals surface area contributed by atoms with E-state index in [-0.39, 0.29) is 23.7 Å². The summed E-state index contributed by atoms with van der Waals surface area (Å²) in [6.07, 6.45) is 1.86. The van der Waals surface area contributed by atoms with E-state index in [4.69, 9.17) is 17.2 Å². The van der Waals surface area contributed by atoms with Crippen molar-refractivity contribution < 1.29 is 9.59 Å². The number of hydrogen-bond donors (Lipinski definition) is 9. The number of carbonyl (C=O) groups is 2. The zero-order valence-electron chi connectivity index (χ0n) is 19.9. The van der Waals surface area contributed by atoms with Crippen molar-refractivity contribution >= 4 is 11.8 Å². The van der Waals surface area contributed by atoms with Crippen LogP contribution in [0, 0.1) is 5.41 Å². The summed E-state index contributed by atoms with van der Waals surface area (Å²) in [6, 6.07) is 0. The van der Waals surface area contributed by atoms with E-state index in [1.54, 1.807) is 0 Å². The lowest BCUT2D eigenvalue weighted by atomic mass is 9.90. The van der Waals surface area contributed by atoms with Gasteiger partial charge in [-0.3, -0.25) is 9.59 Å². The van der Waals surface area contributed by atoms with Crippen molar-refractivity contribution in [2.45, 2.75) is 38.1 Å². The van der Waals surface area contributed by atoms with Crippen LogP contribution >= 0.6 is 0 Å². The summed E-state index contributed by atoms with van der Waals surface area (Å²) in [5.74, 6) is -0.142. The van der Waals surface area contributed by atoms with E-state index in [0.717, 1.165) is 45.7 Å². The van der Waals surface area contributed by atoms with Crippen LogP contribution < -0.4 is 49.1 Å². The van der Waals surface area contributed by atoms with Crippen molar-refractivity contribution in [2.75, 3.05) is 78.5 Å². The number of rotatable bonds is 10. The lowest BCUT2D eigenvalue weighted by molar-refractivity contribution is -0.123. The SMILES string of the molecule is C[C@]1(CN)CNCCNC[C@](CN)(NC(=O)CCCC(=O)NCCCN)CNCCNC1. The van der Waals surface area contributed by atoms with E-state index in [2.05, 4.69) is 38.8 Å². The van der Waals surface area contributed by atoms with Crippen molar-refractivity contribution in [2.24, 2.45) is 22.6 Å². The molecule has 1 rings (SSSR count). The van der Waals surface area contributed by atoms with Gasteiger partial charge in [-0.2, -0.15) is 0 Å². The van der Waals surface area contributed by atoms with Gasteiger partial charge >= 0.3 is 0 Å². The molecule has 2 amide bonds. The Bertz CT molecular complexity index is 517. The van der Waals surface area contributed by atoms with E-state index < -0.39 is 5.54 Å². The molecular formula is C21H47N9O2. The van der Waals surface area contributed by atoms with Crippen molar-refractivity contribution in [1.29, 1.82) is 0 Å². The van der Waals surface area contributed by atoms with Gasteiger partial charge in [-0.15, -0.1) is 0 Å². The molecule has 12 N–H and O–H groups in total. The Hall–Kier alpha value is -1.34. The first kappa shape index (κ1) is 28.7. The number of hydrogen-bond acceptors (Lipinski definition) is 9. The minimum atomic E-state index is -0.587. The highest BCUT2D eigenvalue weighted by atomic mass is 16.2. The summed E-state index contributed by atoms with van der Waals surface area (Å²) in [6.45, 7) is 10.1. The predicted octanol–water partition coefficient (Wildman–Crippen LogP) is -3.23. The zero-order valence-corrected chi connectivity index (χ0v) is 19.9. The summed E-state index contributed by atoms with van der Waals surface area (Å²) in [4.78, 5) is 24.4. The van der Waals surface area contributed by atoms with Crippen LogP contribution in [0.2, 0.25) is 0 Å². The highest BCUT2D eigenvalue weighted by Gasteiger charge is 2.30. The third-order valence-electron chi connectivity index (χ3n) is 5.79. The van der Waals surface area contributed by atoms with E-state index >= 15 is 0 Å². The molecule has 188 valence electrons. The first-order valence-corrected chi connectivity index (χ1v) is 11.9. The van der Waals surface area contributed by atoms with Gasteiger partial charge in [0.25, 0.3) is 0 Å². The lowest BCUT2D eigenvalue weighted by Crippen LogP contribution is -2.65. The zero-order chi connectivity index (χ0) is 23.7. The quantitative estimate of drug-likeness (QED) is 0.152. The molecule has 1 saturated heterocycles.